The topological polar surface area (TPSA) is 26.3 Å². The molecule has 3 rings (SSSR count). The van der Waals surface area contributed by atoms with Crippen LogP contribution in [0.2, 0.25) is 0 Å². The number of hydrogen-bond donors (Lipinski definition) is 0. The van der Waals surface area contributed by atoms with E-state index < -0.39 is 0 Å². The molecule has 2 aromatic rings. The van der Waals surface area contributed by atoms with Crippen LogP contribution in [0.5, 0.6) is 11.5 Å². The van der Waals surface area contributed by atoms with Crippen molar-refractivity contribution in [2.24, 2.45) is 0 Å². The predicted molar refractivity (Wildman–Crippen MR) is 69.9 cm³/mol. The number of carbonyl (C=O) groups excluding carboxylic acids is 1. The summed E-state index contributed by atoms with van der Waals surface area (Å²) in [4.78, 5) is 11.4. The lowest BCUT2D eigenvalue weighted by Gasteiger charge is -2.24. The van der Waals surface area contributed by atoms with E-state index in [2.05, 4.69) is 0 Å². The van der Waals surface area contributed by atoms with Crippen LogP contribution in [0.15, 0.2) is 54.6 Å². The zero-order chi connectivity index (χ0) is 12.4. The van der Waals surface area contributed by atoms with Crippen molar-refractivity contribution in [1.29, 1.82) is 0 Å². The van der Waals surface area contributed by atoms with Crippen molar-refractivity contribution in [3.8, 4) is 11.5 Å². The van der Waals surface area contributed by atoms with Gasteiger partial charge in [-0.3, -0.25) is 4.79 Å². The van der Waals surface area contributed by atoms with Gasteiger partial charge >= 0.3 is 0 Å². The summed E-state index contributed by atoms with van der Waals surface area (Å²) in [6.07, 6.45) is 1.71. The third-order valence-electron chi connectivity index (χ3n) is 3.33. The largest absolute Gasteiger partial charge is 0.457 e. The highest BCUT2D eigenvalue weighted by atomic mass is 16.5. The molecule has 1 fully saturated rings. The second-order valence-corrected chi connectivity index (χ2v) is 4.54. The lowest BCUT2D eigenvalue weighted by atomic mass is 9.79. The van der Waals surface area contributed by atoms with Crippen LogP contribution in [0.25, 0.3) is 0 Å². The molecule has 90 valence electrons. The maximum Gasteiger partial charge on any atom is 0.140 e. The molecule has 1 saturated carbocycles. The molecule has 1 aliphatic rings. The Morgan fingerprint density at radius 1 is 0.889 bits per heavy atom. The first-order valence-electron chi connectivity index (χ1n) is 6.18. The number of benzene rings is 2. The third-order valence-corrected chi connectivity index (χ3v) is 3.33. The molecule has 0 spiro atoms. The van der Waals surface area contributed by atoms with Gasteiger partial charge in [-0.1, -0.05) is 30.3 Å². The fourth-order valence-corrected chi connectivity index (χ4v) is 2.15. The van der Waals surface area contributed by atoms with Crippen molar-refractivity contribution in [3.05, 3.63) is 60.2 Å². The summed E-state index contributed by atoms with van der Waals surface area (Å²) in [7, 11) is 0. The van der Waals surface area contributed by atoms with Gasteiger partial charge in [0.1, 0.15) is 17.3 Å². The number of hydrogen-bond acceptors (Lipinski definition) is 2. The monoisotopic (exact) mass is 238 g/mol. The van der Waals surface area contributed by atoms with E-state index in [0.717, 1.165) is 29.9 Å². The SMILES string of the molecule is O=C1CCC1c1ccc(Oc2ccccc2)cc1. The molecule has 0 saturated heterocycles. The van der Waals surface area contributed by atoms with E-state index >= 15 is 0 Å². The first-order valence-corrected chi connectivity index (χ1v) is 6.18. The van der Waals surface area contributed by atoms with Crippen molar-refractivity contribution in [3.63, 3.8) is 0 Å². The molecule has 0 aromatic heterocycles. The van der Waals surface area contributed by atoms with Crippen LogP contribution in [0.3, 0.4) is 0 Å². The van der Waals surface area contributed by atoms with E-state index in [-0.39, 0.29) is 5.92 Å². The molecule has 2 heteroatoms. The number of Topliss-reactive ketones (excluding diaryl/α,β-unsaturated/α-hetero) is 1. The average molecular weight is 238 g/mol. The normalized spacial score (nSPS) is 18.2. The molecule has 2 aromatic carbocycles. The molecule has 0 bridgehead atoms. The van der Waals surface area contributed by atoms with Crippen LogP contribution in [-0.4, -0.2) is 5.78 Å². The van der Waals surface area contributed by atoms with Crippen molar-refractivity contribution in [2.75, 3.05) is 0 Å². The van der Waals surface area contributed by atoms with Crippen LogP contribution in [0, 0.1) is 0 Å². The highest BCUT2D eigenvalue weighted by Crippen LogP contribution is 2.34. The molecule has 1 atom stereocenters. The molecule has 0 aliphatic heterocycles. The minimum absolute atomic E-state index is 0.121. The summed E-state index contributed by atoms with van der Waals surface area (Å²) in [6, 6.07) is 17.5. The van der Waals surface area contributed by atoms with Crippen LogP contribution < -0.4 is 4.74 Å². The van der Waals surface area contributed by atoms with Crippen molar-refractivity contribution in [1.82, 2.24) is 0 Å². The van der Waals surface area contributed by atoms with E-state index in [1.165, 1.54) is 0 Å². The van der Waals surface area contributed by atoms with Gasteiger partial charge in [0.05, 0.1) is 0 Å². The van der Waals surface area contributed by atoms with E-state index in [0.29, 0.717) is 5.78 Å². The Kier molecular flexibility index (Phi) is 2.85. The van der Waals surface area contributed by atoms with Crippen LogP contribution >= 0.6 is 0 Å². The first-order chi connectivity index (χ1) is 8.83. The van der Waals surface area contributed by atoms with Crippen molar-refractivity contribution in [2.45, 2.75) is 18.8 Å². The number of rotatable bonds is 3. The van der Waals surface area contributed by atoms with Gasteiger partial charge in [0.2, 0.25) is 0 Å². The quantitative estimate of drug-likeness (QED) is 0.810. The summed E-state index contributed by atoms with van der Waals surface area (Å²) in [5, 5.41) is 0. The fourth-order valence-electron chi connectivity index (χ4n) is 2.15. The van der Waals surface area contributed by atoms with Crippen molar-refractivity contribution >= 4 is 5.78 Å². The van der Waals surface area contributed by atoms with Gasteiger partial charge in [0.15, 0.2) is 0 Å². The Balaban J connectivity index is 1.73. The lowest BCUT2D eigenvalue weighted by Crippen LogP contribution is -2.22. The maximum absolute atomic E-state index is 11.4. The molecule has 0 amide bonds. The Hall–Kier alpha value is -2.09. The van der Waals surface area contributed by atoms with E-state index in [1.807, 2.05) is 54.6 Å². The summed E-state index contributed by atoms with van der Waals surface area (Å²) in [6.45, 7) is 0. The molecule has 0 N–H and O–H groups in total. The molecule has 0 radical (unpaired) electrons. The highest BCUT2D eigenvalue weighted by Gasteiger charge is 2.29. The third kappa shape index (κ3) is 2.14. The standard InChI is InChI=1S/C16H14O2/c17-16-11-10-15(16)12-6-8-14(9-7-12)18-13-4-2-1-3-5-13/h1-9,15H,10-11H2. The smallest absolute Gasteiger partial charge is 0.140 e. The summed E-state index contributed by atoms with van der Waals surface area (Å²) in [5.74, 6) is 2.10. The van der Waals surface area contributed by atoms with E-state index in [4.69, 9.17) is 4.74 Å². The molecule has 1 aliphatic carbocycles. The summed E-state index contributed by atoms with van der Waals surface area (Å²) >= 11 is 0. The number of para-hydroxylation sites is 1. The van der Waals surface area contributed by atoms with Crippen molar-refractivity contribution < 1.29 is 9.53 Å². The second kappa shape index (κ2) is 4.65. The maximum atomic E-state index is 11.4. The van der Waals surface area contributed by atoms with Gasteiger partial charge < -0.3 is 4.74 Å². The summed E-state index contributed by atoms with van der Waals surface area (Å²) < 4.78 is 5.71. The van der Waals surface area contributed by atoms with Gasteiger partial charge in [-0.25, -0.2) is 0 Å². The second-order valence-electron chi connectivity index (χ2n) is 4.54. The highest BCUT2D eigenvalue weighted by molar-refractivity contribution is 5.91. The van der Waals surface area contributed by atoms with Gasteiger partial charge in [-0.15, -0.1) is 0 Å². The van der Waals surface area contributed by atoms with Crippen LogP contribution in [0.4, 0.5) is 0 Å². The van der Waals surface area contributed by atoms with Gasteiger partial charge in [-0.05, 0) is 36.2 Å². The zero-order valence-corrected chi connectivity index (χ0v) is 10.0. The molecule has 0 heterocycles. The molecular weight excluding hydrogens is 224 g/mol. The van der Waals surface area contributed by atoms with Crippen LogP contribution in [-0.2, 0) is 4.79 Å². The van der Waals surface area contributed by atoms with E-state index in [9.17, 15) is 4.79 Å². The van der Waals surface area contributed by atoms with Crippen LogP contribution in [0.1, 0.15) is 24.3 Å². The molecule has 18 heavy (non-hydrogen) atoms. The van der Waals surface area contributed by atoms with Gasteiger partial charge in [0, 0.05) is 12.3 Å². The molecular formula is C16H14O2. The Bertz CT molecular complexity index is 543. The number of ether oxygens (including phenoxy) is 1. The minimum Gasteiger partial charge on any atom is -0.457 e. The Morgan fingerprint density at radius 2 is 1.56 bits per heavy atom. The number of ketones is 1. The fraction of sp³-hybridized carbons (Fsp3) is 0.188. The van der Waals surface area contributed by atoms with E-state index in [1.54, 1.807) is 0 Å². The average Bonchev–Trinajstić information content (AvgIpc) is 2.40. The Labute approximate surface area is 106 Å². The summed E-state index contributed by atoms with van der Waals surface area (Å²) in [5.41, 5.74) is 1.10. The minimum atomic E-state index is 0.121. The first kappa shape index (κ1) is 11.0. The number of carbonyl (C=O) groups is 1. The van der Waals surface area contributed by atoms with Gasteiger partial charge in [0.25, 0.3) is 0 Å². The molecule has 1 unspecified atom stereocenters. The zero-order valence-electron chi connectivity index (χ0n) is 10.0. The predicted octanol–water partition coefficient (Wildman–Crippen LogP) is 3.93. The Morgan fingerprint density at radius 3 is 2.11 bits per heavy atom. The molecule has 2 nitrogen and oxygen atoms in total. The lowest BCUT2D eigenvalue weighted by molar-refractivity contribution is -0.125. The van der Waals surface area contributed by atoms with Gasteiger partial charge in [-0.2, -0.15) is 0 Å².